The Hall–Kier alpha value is -2.46. The molecule has 1 aromatic heterocycles. The van der Waals surface area contributed by atoms with E-state index in [1.54, 1.807) is 12.1 Å². The van der Waals surface area contributed by atoms with Gasteiger partial charge in [0.25, 0.3) is 0 Å². The Kier molecular flexibility index (Phi) is 4.73. The molecule has 0 spiro atoms. The molecule has 3 rings (SSSR count). The van der Waals surface area contributed by atoms with E-state index in [1.807, 2.05) is 17.0 Å². The Labute approximate surface area is 147 Å². The van der Waals surface area contributed by atoms with Crippen molar-refractivity contribution in [1.29, 1.82) is 5.26 Å². The van der Waals surface area contributed by atoms with Gasteiger partial charge in [0.1, 0.15) is 17.2 Å². The molecule has 8 heteroatoms. The van der Waals surface area contributed by atoms with Crippen LogP contribution in [0.15, 0.2) is 36.5 Å². The molecule has 1 atom stereocenters. The van der Waals surface area contributed by atoms with Crippen molar-refractivity contribution in [3.8, 4) is 11.9 Å². The minimum atomic E-state index is -4.50. The quantitative estimate of drug-likeness (QED) is 0.812. The maximum atomic E-state index is 12.6. The van der Waals surface area contributed by atoms with Gasteiger partial charge in [0, 0.05) is 19.2 Å². The van der Waals surface area contributed by atoms with Crippen LogP contribution < -0.4 is 9.64 Å². The van der Waals surface area contributed by atoms with Gasteiger partial charge in [-0.15, -0.1) is 0 Å². The fraction of sp³-hybridized carbons (Fsp3) is 0.294. The molecule has 1 fully saturated rings. The summed E-state index contributed by atoms with van der Waals surface area (Å²) < 4.78 is 43.6. The monoisotopic (exact) mass is 367 g/mol. The molecule has 1 aliphatic heterocycles. The van der Waals surface area contributed by atoms with E-state index in [4.69, 9.17) is 16.3 Å². The summed E-state index contributed by atoms with van der Waals surface area (Å²) in [5.74, 6) is -0.0184. The molecule has 4 nitrogen and oxygen atoms in total. The number of anilines is 1. The SMILES string of the molecule is N#Cc1ccccc1N1CCC(Oc2ncc(C(F)(F)F)cc2Cl)C1. The molecule has 25 heavy (non-hydrogen) atoms. The number of rotatable bonds is 3. The van der Waals surface area contributed by atoms with Crippen LogP contribution in [-0.2, 0) is 6.18 Å². The third-order valence-corrected chi connectivity index (χ3v) is 4.19. The van der Waals surface area contributed by atoms with Gasteiger partial charge in [-0.3, -0.25) is 0 Å². The highest BCUT2D eigenvalue weighted by atomic mass is 35.5. The predicted molar refractivity (Wildman–Crippen MR) is 86.7 cm³/mol. The molecule has 1 unspecified atom stereocenters. The van der Waals surface area contributed by atoms with E-state index in [2.05, 4.69) is 11.1 Å². The lowest BCUT2D eigenvalue weighted by Gasteiger charge is -2.20. The van der Waals surface area contributed by atoms with Crippen LogP contribution >= 0.6 is 11.6 Å². The molecule has 0 N–H and O–H groups in total. The van der Waals surface area contributed by atoms with Crippen molar-refractivity contribution in [2.24, 2.45) is 0 Å². The summed E-state index contributed by atoms with van der Waals surface area (Å²) in [6.07, 6.45) is -3.41. The van der Waals surface area contributed by atoms with E-state index in [1.165, 1.54) is 0 Å². The molecule has 0 aliphatic carbocycles. The first kappa shape index (κ1) is 17.4. The van der Waals surface area contributed by atoms with Gasteiger partial charge in [-0.2, -0.15) is 18.4 Å². The number of nitriles is 1. The standard InChI is InChI=1S/C17H13ClF3N3O/c18-14-7-12(17(19,20)21)9-23-16(14)25-13-5-6-24(10-13)15-4-2-1-3-11(15)8-22/h1-4,7,9,13H,5-6,10H2. The van der Waals surface area contributed by atoms with E-state index >= 15 is 0 Å². The van der Waals surface area contributed by atoms with Crippen LogP contribution in [0, 0.1) is 11.3 Å². The Bertz CT molecular complexity index is 820. The van der Waals surface area contributed by atoms with Crippen molar-refractivity contribution in [3.63, 3.8) is 0 Å². The number of hydrogen-bond donors (Lipinski definition) is 0. The van der Waals surface area contributed by atoms with Crippen molar-refractivity contribution in [2.45, 2.75) is 18.7 Å². The Balaban J connectivity index is 1.71. The first-order valence-corrected chi connectivity index (χ1v) is 7.90. The van der Waals surface area contributed by atoms with Crippen LogP contribution in [-0.4, -0.2) is 24.2 Å². The third kappa shape index (κ3) is 3.80. The maximum Gasteiger partial charge on any atom is 0.417 e. The molecule has 0 saturated carbocycles. The van der Waals surface area contributed by atoms with Crippen molar-refractivity contribution in [2.75, 3.05) is 18.0 Å². The number of aromatic nitrogens is 1. The van der Waals surface area contributed by atoms with Gasteiger partial charge < -0.3 is 9.64 Å². The summed E-state index contributed by atoms with van der Waals surface area (Å²) in [6.45, 7) is 1.17. The second-order valence-electron chi connectivity index (χ2n) is 5.61. The molecule has 0 amide bonds. The lowest BCUT2D eigenvalue weighted by molar-refractivity contribution is -0.137. The van der Waals surface area contributed by atoms with E-state index in [-0.39, 0.29) is 17.0 Å². The molecule has 0 bridgehead atoms. The molecule has 130 valence electrons. The number of nitrogens with zero attached hydrogens (tertiary/aromatic N) is 3. The van der Waals surface area contributed by atoms with Gasteiger partial charge in [-0.25, -0.2) is 4.98 Å². The van der Waals surface area contributed by atoms with E-state index in [0.717, 1.165) is 11.8 Å². The summed E-state index contributed by atoms with van der Waals surface area (Å²) in [6, 6.07) is 10.2. The predicted octanol–water partition coefficient (Wildman–Crippen LogP) is 4.28. The van der Waals surface area contributed by atoms with E-state index in [0.29, 0.717) is 31.3 Å². The van der Waals surface area contributed by atoms with Gasteiger partial charge in [0.05, 0.1) is 23.4 Å². The van der Waals surface area contributed by atoms with Crippen LogP contribution in [0.3, 0.4) is 0 Å². The zero-order chi connectivity index (χ0) is 18.0. The largest absolute Gasteiger partial charge is 0.471 e. The molecular formula is C17H13ClF3N3O. The molecule has 1 aliphatic rings. The number of benzene rings is 1. The van der Waals surface area contributed by atoms with Gasteiger partial charge in [0.2, 0.25) is 5.88 Å². The average Bonchev–Trinajstić information content (AvgIpc) is 3.04. The highest BCUT2D eigenvalue weighted by Crippen LogP contribution is 2.34. The molecule has 2 heterocycles. The van der Waals surface area contributed by atoms with Crippen LogP contribution in [0.5, 0.6) is 5.88 Å². The summed E-state index contributed by atoms with van der Waals surface area (Å²) in [4.78, 5) is 5.70. The molecule has 1 saturated heterocycles. The van der Waals surface area contributed by atoms with Crippen molar-refractivity contribution in [1.82, 2.24) is 4.98 Å². The Morgan fingerprint density at radius 3 is 2.76 bits per heavy atom. The zero-order valence-electron chi connectivity index (χ0n) is 12.9. The molecule has 1 aromatic carbocycles. The van der Waals surface area contributed by atoms with Gasteiger partial charge >= 0.3 is 6.18 Å². The second kappa shape index (κ2) is 6.81. The summed E-state index contributed by atoms with van der Waals surface area (Å²) in [5.41, 5.74) is 0.456. The number of hydrogen-bond acceptors (Lipinski definition) is 4. The maximum absolute atomic E-state index is 12.6. The average molecular weight is 368 g/mol. The van der Waals surface area contributed by atoms with Crippen molar-refractivity contribution >= 4 is 17.3 Å². The minimum absolute atomic E-state index is 0.0184. The van der Waals surface area contributed by atoms with Crippen molar-refractivity contribution < 1.29 is 17.9 Å². The highest BCUT2D eigenvalue weighted by molar-refractivity contribution is 6.31. The van der Waals surface area contributed by atoms with Gasteiger partial charge in [-0.1, -0.05) is 23.7 Å². The Morgan fingerprint density at radius 1 is 1.32 bits per heavy atom. The fourth-order valence-electron chi connectivity index (χ4n) is 2.71. The lowest BCUT2D eigenvalue weighted by Crippen LogP contribution is -2.25. The number of ether oxygens (including phenoxy) is 1. The number of para-hydroxylation sites is 1. The molecular weight excluding hydrogens is 355 g/mol. The van der Waals surface area contributed by atoms with Gasteiger partial charge in [0.15, 0.2) is 0 Å². The smallest absolute Gasteiger partial charge is 0.417 e. The fourth-order valence-corrected chi connectivity index (χ4v) is 2.92. The van der Waals surface area contributed by atoms with Crippen LogP contribution in [0.25, 0.3) is 0 Å². The van der Waals surface area contributed by atoms with Crippen LogP contribution in [0.4, 0.5) is 18.9 Å². The molecule has 0 radical (unpaired) electrons. The van der Waals surface area contributed by atoms with E-state index < -0.39 is 11.7 Å². The number of halogens is 4. The summed E-state index contributed by atoms with van der Waals surface area (Å²) in [5, 5.41) is 9.01. The summed E-state index contributed by atoms with van der Waals surface area (Å²) >= 11 is 5.87. The van der Waals surface area contributed by atoms with Crippen LogP contribution in [0.2, 0.25) is 5.02 Å². The molecule has 2 aromatic rings. The first-order valence-electron chi connectivity index (χ1n) is 7.52. The number of alkyl halides is 3. The minimum Gasteiger partial charge on any atom is -0.471 e. The highest BCUT2D eigenvalue weighted by Gasteiger charge is 2.32. The van der Waals surface area contributed by atoms with Gasteiger partial charge in [-0.05, 0) is 18.2 Å². The third-order valence-electron chi connectivity index (χ3n) is 3.92. The summed E-state index contributed by atoms with van der Waals surface area (Å²) in [7, 11) is 0. The topological polar surface area (TPSA) is 49.2 Å². The van der Waals surface area contributed by atoms with Crippen molar-refractivity contribution in [3.05, 3.63) is 52.7 Å². The first-order chi connectivity index (χ1) is 11.9. The zero-order valence-corrected chi connectivity index (χ0v) is 13.7. The van der Waals surface area contributed by atoms with Crippen LogP contribution in [0.1, 0.15) is 17.5 Å². The second-order valence-corrected chi connectivity index (χ2v) is 6.02. The Morgan fingerprint density at radius 2 is 2.08 bits per heavy atom. The normalized spacial score (nSPS) is 17.4. The lowest BCUT2D eigenvalue weighted by atomic mass is 10.2. The number of pyridine rings is 1. The van der Waals surface area contributed by atoms with E-state index in [9.17, 15) is 18.4 Å².